The van der Waals surface area contributed by atoms with Crippen molar-refractivity contribution < 1.29 is 28.6 Å². The fourth-order valence-corrected chi connectivity index (χ4v) is 5.23. The average molecular weight is 686 g/mol. The predicted octanol–water partition coefficient (Wildman–Crippen LogP) is 9.49. The molecule has 1 amide bonds. The molecule has 0 radical (unpaired) electrons. The largest absolute Gasteiger partial charge is 0.481 e. The Morgan fingerprint density at radius 2 is 1.69 bits per heavy atom. The summed E-state index contributed by atoms with van der Waals surface area (Å²) in [5.74, 6) is 1.36. The second-order valence-corrected chi connectivity index (χ2v) is 12.2. The lowest BCUT2D eigenvalue weighted by Crippen LogP contribution is -2.40. The number of fused-ring (bicyclic) bond motifs is 1. The standard InChI is InChI=1S/C21H32N2O3.C10H13F.C4H7N.C3H8.C2H4O2/c1-3-5-7-18-11-17(13-23(18)14-21(24)22-10-6-4-2)16-8-9-19-20(12-16)26-15-25-19;1-3-4-9-5-6-10(11)8(2)7-9;1-3-4-5-2;1-3-2;1-2(3)4/h8-9,12,17-18H,3-7,10-11,13-15H2,1-2H3,(H,22,24);5-7H,3-4H2,1-2H3;3-4H,2H2,1H3;3H2,1-2H3;1H3,(H,3,4)/b;;4-3-;;. The van der Waals surface area contributed by atoms with Gasteiger partial charge in [-0.2, -0.15) is 0 Å². The van der Waals surface area contributed by atoms with Crippen LogP contribution in [-0.4, -0.2) is 61.1 Å². The highest BCUT2D eigenvalue weighted by molar-refractivity contribution is 5.78. The van der Waals surface area contributed by atoms with Crippen LogP contribution in [0.3, 0.4) is 0 Å². The highest BCUT2D eigenvalue weighted by Gasteiger charge is 2.34. The molecular formula is C40H64FN3O5. The molecule has 1 saturated heterocycles. The second-order valence-electron chi connectivity index (χ2n) is 12.2. The molecular weight excluding hydrogens is 621 g/mol. The molecule has 49 heavy (non-hydrogen) atoms. The van der Waals surface area contributed by atoms with Gasteiger partial charge >= 0.3 is 0 Å². The molecule has 2 aromatic carbocycles. The number of amides is 1. The van der Waals surface area contributed by atoms with Gasteiger partial charge in [0, 0.05) is 32.3 Å². The molecule has 1 fully saturated rings. The summed E-state index contributed by atoms with van der Waals surface area (Å²) in [5.41, 5.74) is 3.27. The van der Waals surface area contributed by atoms with Crippen LogP contribution in [0.1, 0.15) is 122 Å². The number of aliphatic imine (C=N–C) groups is 1. The first-order valence-electron chi connectivity index (χ1n) is 17.9. The van der Waals surface area contributed by atoms with Gasteiger partial charge in [0.1, 0.15) is 5.82 Å². The van der Waals surface area contributed by atoms with Crippen LogP contribution in [0.5, 0.6) is 11.5 Å². The van der Waals surface area contributed by atoms with Crippen LogP contribution in [0.15, 0.2) is 53.7 Å². The van der Waals surface area contributed by atoms with Gasteiger partial charge in [-0.05, 0) is 87.1 Å². The number of rotatable bonds is 12. The Hall–Kier alpha value is -3.72. The summed E-state index contributed by atoms with van der Waals surface area (Å²) < 4.78 is 23.7. The maximum absolute atomic E-state index is 12.7. The lowest BCUT2D eigenvalue weighted by molar-refractivity contribution is -0.134. The zero-order valence-electron chi connectivity index (χ0n) is 31.5. The zero-order valence-corrected chi connectivity index (χ0v) is 31.5. The van der Waals surface area contributed by atoms with E-state index in [2.05, 4.69) is 68.7 Å². The van der Waals surface area contributed by atoms with Gasteiger partial charge in [0.2, 0.25) is 12.7 Å². The van der Waals surface area contributed by atoms with Gasteiger partial charge in [-0.15, -0.1) is 0 Å². The minimum Gasteiger partial charge on any atom is -0.481 e. The quantitative estimate of drug-likeness (QED) is 0.171. The minimum atomic E-state index is -0.833. The number of aryl methyl sites for hydroxylation is 2. The van der Waals surface area contributed by atoms with Gasteiger partial charge in [0.15, 0.2) is 11.5 Å². The first-order valence-corrected chi connectivity index (χ1v) is 17.9. The summed E-state index contributed by atoms with van der Waals surface area (Å²) in [6.07, 6.45) is 13.7. The van der Waals surface area contributed by atoms with E-state index in [-0.39, 0.29) is 11.7 Å². The summed E-state index contributed by atoms with van der Waals surface area (Å²) in [7, 11) is 0. The summed E-state index contributed by atoms with van der Waals surface area (Å²) in [5, 5.41) is 10.5. The van der Waals surface area contributed by atoms with Crippen LogP contribution in [0.4, 0.5) is 4.39 Å². The summed E-state index contributed by atoms with van der Waals surface area (Å²) in [6, 6.07) is 12.1. The van der Waals surface area contributed by atoms with Gasteiger partial charge < -0.3 is 19.9 Å². The second kappa shape index (κ2) is 28.2. The van der Waals surface area contributed by atoms with E-state index in [9.17, 15) is 9.18 Å². The van der Waals surface area contributed by atoms with Crippen molar-refractivity contribution in [2.24, 2.45) is 4.99 Å². The number of carbonyl (C=O) groups is 2. The third-order valence-electron chi connectivity index (χ3n) is 7.50. The number of nitrogens with one attached hydrogen (secondary N) is 1. The fraction of sp³-hybridized carbons (Fsp3) is 0.575. The van der Waals surface area contributed by atoms with Gasteiger partial charge in [-0.3, -0.25) is 19.5 Å². The van der Waals surface area contributed by atoms with E-state index >= 15 is 0 Å². The van der Waals surface area contributed by atoms with Crippen LogP contribution in [0, 0.1) is 12.7 Å². The van der Waals surface area contributed by atoms with Crippen LogP contribution in [-0.2, 0) is 16.0 Å². The number of unbranched alkanes of at least 4 members (excludes halogenated alkanes) is 2. The van der Waals surface area contributed by atoms with Crippen molar-refractivity contribution in [1.29, 1.82) is 0 Å². The smallest absolute Gasteiger partial charge is 0.300 e. The van der Waals surface area contributed by atoms with E-state index in [4.69, 9.17) is 19.4 Å². The molecule has 2 atom stereocenters. The van der Waals surface area contributed by atoms with Crippen molar-refractivity contribution in [3.05, 3.63) is 71.2 Å². The van der Waals surface area contributed by atoms with Gasteiger partial charge in [0.05, 0.1) is 6.54 Å². The van der Waals surface area contributed by atoms with Gasteiger partial charge in [0.25, 0.3) is 5.97 Å². The van der Waals surface area contributed by atoms with Crippen LogP contribution in [0.2, 0.25) is 0 Å². The maximum Gasteiger partial charge on any atom is 0.300 e. The molecule has 0 bridgehead atoms. The lowest BCUT2D eigenvalue weighted by atomic mass is 9.94. The monoisotopic (exact) mass is 685 g/mol. The molecule has 4 rings (SSSR count). The third kappa shape index (κ3) is 20.4. The molecule has 2 aliphatic heterocycles. The topological polar surface area (TPSA) is 100 Å². The number of hydrogen-bond donors (Lipinski definition) is 2. The Morgan fingerprint density at radius 3 is 2.24 bits per heavy atom. The Morgan fingerprint density at radius 1 is 1.04 bits per heavy atom. The van der Waals surface area contributed by atoms with Crippen LogP contribution < -0.4 is 14.8 Å². The van der Waals surface area contributed by atoms with E-state index in [1.54, 1.807) is 19.2 Å². The van der Waals surface area contributed by atoms with Crippen LogP contribution >= 0.6 is 0 Å². The molecule has 9 heteroatoms. The molecule has 8 nitrogen and oxygen atoms in total. The van der Waals surface area contributed by atoms with E-state index < -0.39 is 5.97 Å². The Kier molecular flexibility index (Phi) is 26.0. The molecule has 2 N–H and O–H groups in total. The first-order chi connectivity index (χ1) is 23.5. The van der Waals surface area contributed by atoms with Gasteiger partial charge in [-0.1, -0.05) is 91.0 Å². The number of halogens is 1. The number of carboxylic acids is 1. The lowest BCUT2D eigenvalue weighted by Gasteiger charge is -2.23. The molecule has 0 aromatic heterocycles. The minimum absolute atomic E-state index is 0.107. The Balaban J connectivity index is 0.000000820. The molecule has 2 aliphatic rings. The number of allylic oxidation sites excluding steroid dienone is 1. The van der Waals surface area contributed by atoms with Crippen molar-refractivity contribution in [2.75, 3.05) is 26.4 Å². The third-order valence-corrected chi connectivity index (χ3v) is 7.50. The molecule has 0 aliphatic carbocycles. The number of nitrogens with zero attached hydrogens (tertiary/aromatic N) is 2. The Labute approximate surface area is 296 Å². The molecule has 2 unspecified atom stereocenters. The summed E-state index contributed by atoms with van der Waals surface area (Å²) in [4.78, 5) is 27.1. The molecule has 2 heterocycles. The predicted molar refractivity (Wildman–Crippen MR) is 201 cm³/mol. The van der Waals surface area contributed by atoms with Crippen molar-refractivity contribution in [2.45, 2.75) is 125 Å². The van der Waals surface area contributed by atoms with Crippen LogP contribution in [0.25, 0.3) is 0 Å². The number of aliphatic carboxylic acids is 1. The van der Waals surface area contributed by atoms with E-state index in [1.165, 1.54) is 36.8 Å². The fourth-order valence-electron chi connectivity index (χ4n) is 5.23. The SMILES string of the molecule is C=N/C=C\C.CC(=O)O.CCC.CCCCNC(=O)CN1CC(c2ccc3c(c2)OCO3)CC1CCCC.CCCc1ccc(F)c(C)c1. The number of carboxylic acid groups (broad SMARTS) is 1. The van der Waals surface area contributed by atoms with Crippen molar-refractivity contribution in [3.63, 3.8) is 0 Å². The van der Waals surface area contributed by atoms with Gasteiger partial charge in [-0.25, -0.2) is 4.39 Å². The molecule has 0 spiro atoms. The van der Waals surface area contributed by atoms with Crippen molar-refractivity contribution >= 4 is 18.6 Å². The van der Waals surface area contributed by atoms with Crippen molar-refractivity contribution in [3.8, 4) is 11.5 Å². The van der Waals surface area contributed by atoms with E-state index in [0.717, 1.165) is 69.2 Å². The summed E-state index contributed by atoms with van der Waals surface area (Å²) in [6.45, 7) is 21.3. The number of carbonyl (C=O) groups excluding carboxylic acids is 1. The Bertz CT molecular complexity index is 1230. The zero-order chi connectivity index (χ0) is 37.0. The number of likely N-dealkylation sites (tertiary alicyclic amines) is 1. The molecule has 0 saturated carbocycles. The van der Waals surface area contributed by atoms with Crippen molar-refractivity contribution in [1.82, 2.24) is 10.2 Å². The normalized spacial score (nSPS) is 15.7. The molecule has 276 valence electrons. The molecule has 2 aromatic rings. The summed E-state index contributed by atoms with van der Waals surface area (Å²) >= 11 is 0. The number of benzene rings is 2. The number of ether oxygens (including phenoxy) is 2. The maximum atomic E-state index is 12.7. The average Bonchev–Trinajstić information content (AvgIpc) is 3.70. The van der Waals surface area contributed by atoms with E-state index in [1.807, 2.05) is 31.2 Å². The van der Waals surface area contributed by atoms with E-state index in [0.29, 0.717) is 25.3 Å². The first kappa shape index (κ1) is 45.3. The highest BCUT2D eigenvalue weighted by Crippen LogP contribution is 2.39. The number of hydrogen-bond acceptors (Lipinski definition) is 6. The highest BCUT2D eigenvalue weighted by atomic mass is 19.1.